The molecule has 2 aromatic rings. The van der Waals surface area contributed by atoms with Crippen molar-refractivity contribution in [2.45, 2.75) is 12.8 Å². The lowest BCUT2D eigenvalue weighted by molar-refractivity contribution is -0.136. The molecule has 0 aliphatic rings. The number of carboxylic acid groups (broad SMARTS) is 1. The number of hydrogen-bond acceptors (Lipinski definition) is 4. The first kappa shape index (κ1) is 13.0. The Bertz CT molecular complexity index is 598. The van der Waals surface area contributed by atoms with Crippen LogP contribution >= 0.6 is 0 Å². The molecule has 0 spiro atoms. The average molecular weight is 265 g/mol. The molecule has 0 aliphatic heterocycles. The predicted octanol–water partition coefficient (Wildman–Crippen LogP) is 1.43. The standard InChI is InChI=1S/C12H12FN3O3/c1-19-11-4-3-9(6-10(11)13)16-7-8(14-15-16)2-5-12(17)18/h3-4,6-7H,2,5H2,1H3,(H,17,18). The van der Waals surface area contributed by atoms with Gasteiger partial charge in [0.2, 0.25) is 0 Å². The normalized spacial score (nSPS) is 10.4. The minimum absolute atomic E-state index is 0.0182. The first-order valence-electron chi connectivity index (χ1n) is 5.57. The molecule has 6 nitrogen and oxygen atoms in total. The Balaban J connectivity index is 2.18. The highest BCUT2D eigenvalue weighted by Crippen LogP contribution is 2.19. The molecule has 0 saturated heterocycles. The van der Waals surface area contributed by atoms with Gasteiger partial charge in [-0.25, -0.2) is 9.07 Å². The number of halogens is 1. The summed E-state index contributed by atoms with van der Waals surface area (Å²) in [5, 5.41) is 16.2. The predicted molar refractivity (Wildman–Crippen MR) is 63.8 cm³/mol. The van der Waals surface area contributed by atoms with Crippen LogP contribution in [0.5, 0.6) is 5.75 Å². The SMILES string of the molecule is COc1ccc(-n2cc(CCC(=O)O)nn2)cc1F. The number of ether oxygens (including phenoxy) is 1. The zero-order valence-electron chi connectivity index (χ0n) is 10.2. The molecule has 0 radical (unpaired) electrons. The van der Waals surface area contributed by atoms with Gasteiger partial charge in [-0.3, -0.25) is 4.79 Å². The van der Waals surface area contributed by atoms with Gasteiger partial charge in [0.1, 0.15) is 0 Å². The second-order valence-electron chi connectivity index (χ2n) is 3.87. The van der Waals surface area contributed by atoms with Crippen molar-refractivity contribution in [1.82, 2.24) is 15.0 Å². The number of aromatic nitrogens is 3. The number of methoxy groups -OCH3 is 1. The van der Waals surface area contributed by atoms with Crippen molar-refractivity contribution in [2.75, 3.05) is 7.11 Å². The summed E-state index contributed by atoms with van der Waals surface area (Å²) in [6.45, 7) is 0. The topological polar surface area (TPSA) is 77.2 Å². The van der Waals surface area contributed by atoms with Crippen LogP contribution in [0.25, 0.3) is 5.69 Å². The zero-order valence-corrected chi connectivity index (χ0v) is 10.2. The Labute approximate surface area is 108 Å². The van der Waals surface area contributed by atoms with Crippen molar-refractivity contribution in [3.8, 4) is 11.4 Å². The van der Waals surface area contributed by atoms with E-state index in [2.05, 4.69) is 10.3 Å². The van der Waals surface area contributed by atoms with Crippen LogP contribution in [0.15, 0.2) is 24.4 Å². The number of rotatable bonds is 5. The third-order valence-electron chi connectivity index (χ3n) is 2.54. The van der Waals surface area contributed by atoms with Gasteiger partial charge in [0.05, 0.1) is 31.1 Å². The molecule has 7 heteroatoms. The van der Waals surface area contributed by atoms with E-state index in [1.54, 1.807) is 12.3 Å². The molecule has 0 bridgehead atoms. The van der Waals surface area contributed by atoms with Crippen molar-refractivity contribution >= 4 is 5.97 Å². The molecule has 0 amide bonds. The maximum atomic E-state index is 13.5. The molecule has 1 N–H and O–H groups in total. The summed E-state index contributed by atoms with van der Waals surface area (Å²) < 4.78 is 19.7. The van der Waals surface area contributed by atoms with E-state index in [-0.39, 0.29) is 18.6 Å². The van der Waals surface area contributed by atoms with Gasteiger partial charge in [0, 0.05) is 12.5 Å². The molecule has 0 saturated carbocycles. The fourth-order valence-corrected chi connectivity index (χ4v) is 1.57. The highest BCUT2D eigenvalue weighted by Gasteiger charge is 2.08. The van der Waals surface area contributed by atoms with Crippen LogP contribution < -0.4 is 4.74 Å². The molecule has 0 fully saturated rings. The second-order valence-corrected chi connectivity index (χ2v) is 3.87. The summed E-state index contributed by atoms with van der Waals surface area (Å²) in [7, 11) is 1.39. The molecule has 0 unspecified atom stereocenters. The van der Waals surface area contributed by atoms with Gasteiger partial charge >= 0.3 is 5.97 Å². The smallest absolute Gasteiger partial charge is 0.303 e. The Morgan fingerprint density at radius 2 is 2.32 bits per heavy atom. The Morgan fingerprint density at radius 3 is 2.95 bits per heavy atom. The van der Waals surface area contributed by atoms with Gasteiger partial charge in [-0.2, -0.15) is 0 Å². The molecule has 0 aliphatic carbocycles. The maximum Gasteiger partial charge on any atom is 0.303 e. The van der Waals surface area contributed by atoms with Crippen LogP contribution in [0, 0.1) is 5.82 Å². The number of hydrogen-bond donors (Lipinski definition) is 1. The molecule has 1 heterocycles. The van der Waals surface area contributed by atoms with Gasteiger partial charge in [0.15, 0.2) is 11.6 Å². The molecule has 1 aromatic carbocycles. The lowest BCUT2D eigenvalue weighted by Crippen LogP contribution is -1.98. The van der Waals surface area contributed by atoms with Gasteiger partial charge in [-0.15, -0.1) is 5.10 Å². The van der Waals surface area contributed by atoms with E-state index >= 15 is 0 Å². The fourth-order valence-electron chi connectivity index (χ4n) is 1.57. The Hall–Kier alpha value is -2.44. The molecule has 2 rings (SSSR count). The van der Waals surface area contributed by atoms with E-state index < -0.39 is 11.8 Å². The van der Waals surface area contributed by atoms with E-state index in [1.165, 1.54) is 23.9 Å². The number of nitrogens with zero attached hydrogens (tertiary/aromatic N) is 3. The van der Waals surface area contributed by atoms with E-state index in [4.69, 9.17) is 9.84 Å². The van der Waals surface area contributed by atoms with Gasteiger partial charge in [-0.05, 0) is 12.1 Å². The van der Waals surface area contributed by atoms with E-state index in [1.807, 2.05) is 0 Å². The lowest BCUT2D eigenvalue weighted by Gasteiger charge is -2.04. The van der Waals surface area contributed by atoms with Gasteiger partial charge < -0.3 is 9.84 Å². The van der Waals surface area contributed by atoms with E-state index in [0.29, 0.717) is 11.4 Å². The number of aryl methyl sites for hydroxylation is 1. The zero-order chi connectivity index (χ0) is 13.8. The monoisotopic (exact) mass is 265 g/mol. The fraction of sp³-hybridized carbons (Fsp3) is 0.250. The van der Waals surface area contributed by atoms with Gasteiger partial charge in [-0.1, -0.05) is 5.21 Å². The number of carboxylic acids is 1. The number of aliphatic carboxylic acids is 1. The summed E-state index contributed by atoms with van der Waals surface area (Å²) in [6.07, 6.45) is 1.84. The highest BCUT2D eigenvalue weighted by atomic mass is 19.1. The highest BCUT2D eigenvalue weighted by molar-refractivity contribution is 5.66. The van der Waals surface area contributed by atoms with Crippen LogP contribution in [0.2, 0.25) is 0 Å². The largest absolute Gasteiger partial charge is 0.494 e. The van der Waals surface area contributed by atoms with Crippen molar-refractivity contribution < 1.29 is 19.0 Å². The first-order chi connectivity index (χ1) is 9.10. The summed E-state index contributed by atoms with van der Waals surface area (Å²) in [5.41, 5.74) is 1.03. The van der Waals surface area contributed by atoms with Crippen molar-refractivity contribution in [1.29, 1.82) is 0 Å². The van der Waals surface area contributed by atoms with Crippen molar-refractivity contribution in [3.05, 3.63) is 35.9 Å². The quantitative estimate of drug-likeness (QED) is 0.885. The molecule has 0 atom stereocenters. The van der Waals surface area contributed by atoms with Crippen LogP contribution in [-0.4, -0.2) is 33.2 Å². The summed E-state index contributed by atoms with van der Waals surface area (Å²) >= 11 is 0. The molecular formula is C12H12FN3O3. The third kappa shape index (κ3) is 3.06. The van der Waals surface area contributed by atoms with Crippen molar-refractivity contribution in [2.24, 2.45) is 0 Å². The Kier molecular flexibility index (Phi) is 3.74. The average Bonchev–Trinajstić information content (AvgIpc) is 2.85. The number of carbonyl (C=O) groups is 1. The van der Waals surface area contributed by atoms with Gasteiger partial charge in [0.25, 0.3) is 0 Å². The first-order valence-corrected chi connectivity index (χ1v) is 5.57. The maximum absolute atomic E-state index is 13.5. The molecule has 19 heavy (non-hydrogen) atoms. The van der Waals surface area contributed by atoms with E-state index in [9.17, 15) is 9.18 Å². The van der Waals surface area contributed by atoms with Crippen LogP contribution in [0.4, 0.5) is 4.39 Å². The minimum Gasteiger partial charge on any atom is -0.494 e. The van der Waals surface area contributed by atoms with E-state index in [0.717, 1.165) is 0 Å². The summed E-state index contributed by atoms with van der Waals surface area (Å²) in [4.78, 5) is 10.4. The van der Waals surface area contributed by atoms with Crippen LogP contribution in [0.3, 0.4) is 0 Å². The van der Waals surface area contributed by atoms with Crippen LogP contribution in [-0.2, 0) is 11.2 Å². The molecule has 1 aromatic heterocycles. The minimum atomic E-state index is -0.898. The lowest BCUT2D eigenvalue weighted by atomic mass is 10.2. The third-order valence-corrected chi connectivity index (χ3v) is 2.54. The summed E-state index contributed by atoms with van der Waals surface area (Å²) in [6, 6.07) is 4.40. The van der Waals surface area contributed by atoms with Crippen LogP contribution in [0.1, 0.15) is 12.1 Å². The van der Waals surface area contributed by atoms with Crippen molar-refractivity contribution in [3.63, 3.8) is 0 Å². The second kappa shape index (κ2) is 5.47. The number of benzene rings is 1. The molecular weight excluding hydrogens is 253 g/mol. The Morgan fingerprint density at radius 1 is 1.53 bits per heavy atom. The molecule has 100 valence electrons. The summed E-state index contributed by atoms with van der Waals surface area (Å²) in [5.74, 6) is -1.25.